The lowest BCUT2D eigenvalue weighted by Gasteiger charge is -2.26. The van der Waals surface area contributed by atoms with E-state index in [4.69, 9.17) is 14.2 Å². The summed E-state index contributed by atoms with van der Waals surface area (Å²) in [5.41, 5.74) is 1.16. The molecule has 0 spiro atoms. The van der Waals surface area contributed by atoms with Crippen LogP contribution in [0.25, 0.3) is 5.76 Å². The fraction of sp³-hybridized carbons (Fsp3) is 0.429. The number of amides is 1. The predicted octanol–water partition coefficient (Wildman–Crippen LogP) is 4.26. The minimum atomic E-state index is -0.756. The minimum Gasteiger partial charge on any atom is -0.507 e. The summed E-state index contributed by atoms with van der Waals surface area (Å²) in [7, 11) is 3.91. The van der Waals surface area contributed by atoms with Crippen LogP contribution in [-0.4, -0.2) is 73.6 Å². The molecule has 1 heterocycles. The molecule has 2 aromatic rings. The number of nitrogens with zero attached hydrogens (tertiary/aromatic N) is 2. The van der Waals surface area contributed by atoms with Gasteiger partial charge in [0.05, 0.1) is 31.4 Å². The molecular weight excluding hydrogens is 460 g/mol. The van der Waals surface area contributed by atoms with Gasteiger partial charge in [0.15, 0.2) is 11.5 Å². The number of ether oxygens (including phenoxy) is 3. The summed E-state index contributed by atoms with van der Waals surface area (Å²) in [5, 5.41) is 11.3. The summed E-state index contributed by atoms with van der Waals surface area (Å²) in [5.74, 6) is 0.211. The first-order chi connectivity index (χ1) is 17.3. The van der Waals surface area contributed by atoms with Crippen molar-refractivity contribution in [1.82, 2.24) is 9.80 Å². The fourth-order valence-corrected chi connectivity index (χ4v) is 4.28. The standard InChI is InChI=1S/C28H36N2O6/c1-6-34-21-13-10-19(11-14-21)26(31)24-25(30(28(33)27(24)32)17-9-16-29(4)5)20-12-15-22(35-7-2)23(18-20)36-8-3/h10-15,18,25,31H,6-9,16-17H2,1-5H3/t25-/m1/s1. The summed E-state index contributed by atoms with van der Waals surface area (Å²) < 4.78 is 17.0. The average molecular weight is 497 g/mol. The SMILES string of the molecule is CCOc1ccc(C(O)=C2C(=O)C(=O)N(CCCN(C)C)[C@@H]2c2ccc(OCC)c(OCC)c2)cc1. The number of Topliss-reactive ketones (excluding diaryl/α,β-unsaturated/α-hetero) is 1. The quantitative estimate of drug-likeness (QED) is 0.267. The van der Waals surface area contributed by atoms with Crippen molar-refractivity contribution in [2.45, 2.75) is 33.2 Å². The van der Waals surface area contributed by atoms with Crippen LogP contribution in [0.1, 0.15) is 44.4 Å². The largest absolute Gasteiger partial charge is 0.507 e. The van der Waals surface area contributed by atoms with Crippen LogP contribution in [0.4, 0.5) is 0 Å². The first-order valence-corrected chi connectivity index (χ1v) is 12.4. The van der Waals surface area contributed by atoms with Crippen molar-refractivity contribution in [3.63, 3.8) is 0 Å². The second-order valence-electron chi connectivity index (χ2n) is 8.68. The van der Waals surface area contributed by atoms with Crippen LogP contribution in [0.15, 0.2) is 48.0 Å². The van der Waals surface area contributed by atoms with Crippen molar-refractivity contribution < 1.29 is 28.9 Å². The molecule has 0 aliphatic carbocycles. The Morgan fingerprint density at radius 1 is 0.917 bits per heavy atom. The number of carbonyl (C=O) groups is 2. The van der Waals surface area contributed by atoms with Gasteiger partial charge in [-0.05, 0) is 89.8 Å². The molecule has 0 bridgehead atoms. The van der Waals surface area contributed by atoms with Gasteiger partial charge in [0, 0.05) is 12.1 Å². The van der Waals surface area contributed by atoms with E-state index in [1.54, 1.807) is 36.4 Å². The van der Waals surface area contributed by atoms with Gasteiger partial charge in [0.2, 0.25) is 0 Å². The Bertz CT molecular complexity index is 1090. The molecule has 3 rings (SSSR count). The van der Waals surface area contributed by atoms with Crippen LogP contribution < -0.4 is 14.2 Å². The number of aliphatic hydroxyl groups is 1. The highest BCUT2D eigenvalue weighted by molar-refractivity contribution is 6.46. The van der Waals surface area contributed by atoms with Gasteiger partial charge in [-0.3, -0.25) is 9.59 Å². The normalized spacial score (nSPS) is 17.1. The van der Waals surface area contributed by atoms with Crippen molar-refractivity contribution in [2.75, 3.05) is 47.0 Å². The van der Waals surface area contributed by atoms with Gasteiger partial charge in [-0.25, -0.2) is 0 Å². The smallest absolute Gasteiger partial charge is 0.295 e. The van der Waals surface area contributed by atoms with E-state index in [1.165, 1.54) is 4.90 Å². The van der Waals surface area contributed by atoms with E-state index in [2.05, 4.69) is 0 Å². The molecule has 1 amide bonds. The second kappa shape index (κ2) is 12.4. The zero-order valence-electron chi connectivity index (χ0n) is 21.7. The number of likely N-dealkylation sites (tertiary alicyclic amines) is 1. The third-order valence-corrected chi connectivity index (χ3v) is 5.87. The van der Waals surface area contributed by atoms with Crippen LogP contribution in [-0.2, 0) is 9.59 Å². The van der Waals surface area contributed by atoms with Gasteiger partial charge < -0.3 is 29.1 Å². The molecule has 0 radical (unpaired) electrons. The Morgan fingerprint density at radius 2 is 1.56 bits per heavy atom. The molecule has 8 heteroatoms. The number of hydrogen-bond donors (Lipinski definition) is 1. The molecule has 1 saturated heterocycles. The van der Waals surface area contributed by atoms with Gasteiger partial charge >= 0.3 is 0 Å². The average Bonchev–Trinajstić information content (AvgIpc) is 3.10. The lowest BCUT2D eigenvalue weighted by atomic mass is 9.95. The van der Waals surface area contributed by atoms with E-state index in [9.17, 15) is 14.7 Å². The van der Waals surface area contributed by atoms with E-state index in [-0.39, 0.29) is 11.3 Å². The Labute approximate surface area is 213 Å². The topological polar surface area (TPSA) is 88.5 Å². The Morgan fingerprint density at radius 3 is 2.17 bits per heavy atom. The number of aliphatic hydroxyl groups excluding tert-OH is 1. The maximum atomic E-state index is 13.3. The highest BCUT2D eigenvalue weighted by Gasteiger charge is 2.46. The van der Waals surface area contributed by atoms with Gasteiger partial charge in [-0.15, -0.1) is 0 Å². The molecule has 0 unspecified atom stereocenters. The van der Waals surface area contributed by atoms with Crippen molar-refractivity contribution >= 4 is 17.4 Å². The highest BCUT2D eigenvalue weighted by atomic mass is 16.5. The maximum Gasteiger partial charge on any atom is 0.295 e. The lowest BCUT2D eigenvalue weighted by Crippen LogP contribution is -2.32. The molecule has 2 aromatic carbocycles. The molecule has 0 saturated carbocycles. The Balaban J connectivity index is 2.11. The maximum absolute atomic E-state index is 13.3. The van der Waals surface area contributed by atoms with E-state index >= 15 is 0 Å². The second-order valence-corrected chi connectivity index (χ2v) is 8.68. The summed E-state index contributed by atoms with van der Waals surface area (Å²) in [6.07, 6.45) is 0.676. The number of ketones is 1. The summed E-state index contributed by atoms with van der Waals surface area (Å²) in [6.45, 7) is 8.19. The molecule has 8 nitrogen and oxygen atoms in total. The highest BCUT2D eigenvalue weighted by Crippen LogP contribution is 2.42. The van der Waals surface area contributed by atoms with Crippen molar-refractivity contribution in [2.24, 2.45) is 0 Å². The van der Waals surface area contributed by atoms with E-state index < -0.39 is 17.7 Å². The van der Waals surface area contributed by atoms with Crippen LogP contribution in [0.3, 0.4) is 0 Å². The first kappa shape index (κ1) is 27.1. The molecule has 0 aromatic heterocycles. The lowest BCUT2D eigenvalue weighted by molar-refractivity contribution is -0.139. The monoisotopic (exact) mass is 496 g/mol. The molecule has 1 fully saturated rings. The Kier molecular flexibility index (Phi) is 9.36. The molecule has 1 N–H and O–H groups in total. The van der Waals surface area contributed by atoms with Crippen molar-refractivity contribution in [1.29, 1.82) is 0 Å². The predicted molar refractivity (Wildman–Crippen MR) is 139 cm³/mol. The molecule has 1 aliphatic heterocycles. The van der Waals surface area contributed by atoms with Gasteiger partial charge in [0.1, 0.15) is 11.5 Å². The van der Waals surface area contributed by atoms with Gasteiger partial charge in [-0.2, -0.15) is 0 Å². The van der Waals surface area contributed by atoms with Crippen LogP contribution in [0.2, 0.25) is 0 Å². The number of benzene rings is 2. The fourth-order valence-electron chi connectivity index (χ4n) is 4.28. The summed E-state index contributed by atoms with van der Waals surface area (Å²) in [4.78, 5) is 30.0. The molecule has 1 aliphatic rings. The Hall–Kier alpha value is -3.52. The zero-order valence-corrected chi connectivity index (χ0v) is 21.7. The molecule has 1 atom stereocenters. The third-order valence-electron chi connectivity index (χ3n) is 5.87. The summed E-state index contributed by atoms with van der Waals surface area (Å²) in [6, 6.07) is 11.4. The van der Waals surface area contributed by atoms with Crippen LogP contribution >= 0.6 is 0 Å². The number of hydrogen-bond acceptors (Lipinski definition) is 7. The van der Waals surface area contributed by atoms with Crippen LogP contribution in [0.5, 0.6) is 17.2 Å². The summed E-state index contributed by atoms with van der Waals surface area (Å²) >= 11 is 0. The molecule has 36 heavy (non-hydrogen) atoms. The number of carbonyl (C=O) groups excluding carboxylic acids is 2. The van der Waals surface area contributed by atoms with E-state index in [0.29, 0.717) is 61.2 Å². The first-order valence-electron chi connectivity index (χ1n) is 12.4. The zero-order chi connectivity index (χ0) is 26.2. The van der Waals surface area contributed by atoms with Crippen molar-refractivity contribution in [3.05, 3.63) is 59.2 Å². The number of rotatable bonds is 12. The molecular formula is C28H36N2O6. The van der Waals surface area contributed by atoms with Gasteiger partial charge in [0.25, 0.3) is 11.7 Å². The van der Waals surface area contributed by atoms with Crippen molar-refractivity contribution in [3.8, 4) is 17.2 Å². The van der Waals surface area contributed by atoms with Gasteiger partial charge in [-0.1, -0.05) is 6.07 Å². The van der Waals surface area contributed by atoms with E-state index in [0.717, 1.165) is 6.54 Å². The molecule has 194 valence electrons. The minimum absolute atomic E-state index is 0.0561. The van der Waals surface area contributed by atoms with E-state index in [1.807, 2.05) is 45.8 Å². The third kappa shape index (κ3) is 5.99. The van der Waals surface area contributed by atoms with Crippen LogP contribution in [0, 0.1) is 0 Å².